The molecule has 0 heterocycles. The van der Waals surface area contributed by atoms with Gasteiger partial charge in [0.05, 0.1) is 5.92 Å². The van der Waals surface area contributed by atoms with E-state index in [1.807, 2.05) is 24.3 Å². The molecule has 1 atom stereocenters. The topological polar surface area (TPSA) is 37.3 Å². The molecule has 0 aromatic heterocycles. The SMILES string of the molecule is O=C(O)C(CCC1CC1)c1ccc(Br)cc1. The molecule has 0 spiro atoms. The lowest BCUT2D eigenvalue weighted by atomic mass is 9.93. The minimum absolute atomic E-state index is 0.339. The Morgan fingerprint density at radius 3 is 2.50 bits per heavy atom. The van der Waals surface area contributed by atoms with E-state index in [0.29, 0.717) is 0 Å². The summed E-state index contributed by atoms with van der Waals surface area (Å²) >= 11 is 3.36. The molecule has 0 saturated heterocycles. The van der Waals surface area contributed by atoms with Gasteiger partial charge in [-0.15, -0.1) is 0 Å². The molecule has 1 unspecified atom stereocenters. The summed E-state index contributed by atoms with van der Waals surface area (Å²) in [6.45, 7) is 0. The number of benzene rings is 1. The van der Waals surface area contributed by atoms with Crippen LogP contribution in [-0.4, -0.2) is 11.1 Å². The molecule has 0 amide bonds. The van der Waals surface area contributed by atoms with Crippen molar-refractivity contribution in [2.75, 3.05) is 0 Å². The molecule has 2 rings (SSSR count). The van der Waals surface area contributed by atoms with E-state index in [9.17, 15) is 9.90 Å². The van der Waals surface area contributed by atoms with Crippen molar-refractivity contribution in [1.82, 2.24) is 0 Å². The van der Waals surface area contributed by atoms with Gasteiger partial charge in [-0.1, -0.05) is 40.9 Å². The normalized spacial score (nSPS) is 17.1. The summed E-state index contributed by atoms with van der Waals surface area (Å²) in [4.78, 5) is 11.2. The Hall–Kier alpha value is -0.830. The molecule has 1 N–H and O–H groups in total. The second kappa shape index (κ2) is 5.00. The lowest BCUT2D eigenvalue weighted by Gasteiger charge is -2.12. The number of carbonyl (C=O) groups is 1. The van der Waals surface area contributed by atoms with Crippen LogP contribution in [0.15, 0.2) is 28.7 Å². The molecule has 1 aromatic rings. The van der Waals surface area contributed by atoms with Crippen molar-refractivity contribution in [3.05, 3.63) is 34.3 Å². The lowest BCUT2D eigenvalue weighted by molar-refractivity contribution is -0.139. The van der Waals surface area contributed by atoms with Gasteiger partial charge in [-0.25, -0.2) is 0 Å². The summed E-state index contributed by atoms with van der Waals surface area (Å²) in [5.74, 6) is -0.256. The molecule has 2 nitrogen and oxygen atoms in total. The van der Waals surface area contributed by atoms with Gasteiger partial charge in [-0.3, -0.25) is 4.79 Å². The molecule has 1 saturated carbocycles. The predicted octanol–water partition coefficient (Wildman–Crippen LogP) is 3.81. The van der Waals surface area contributed by atoms with Crippen LogP contribution in [0, 0.1) is 5.92 Å². The summed E-state index contributed by atoms with van der Waals surface area (Å²) in [6, 6.07) is 7.61. The van der Waals surface area contributed by atoms with Gasteiger partial charge in [-0.05, 0) is 36.5 Å². The van der Waals surface area contributed by atoms with Gasteiger partial charge in [0.2, 0.25) is 0 Å². The second-order valence-corrected chi connectivity index (χ2v) is 5.38. The highest BCUT2D eigenvalue weighted by Crippen LogP contribution is 2.36. The average Bonchev–Trinajstić information content (AvgIpc) is 3.04. The number of halogens is 1. The third kappa shape index (κ3) is 3.08. The third-order valence-corrected chi connectivity index (χ3v) is 3.66. The zero-order valence-electron chi connectivity index (χ0n) is 9.03. The van der Waals surface area contributed by atoms with Crippen LogP contribution in [0.1, 0.15) is 37.2 Å². The highest BCUT2D eigenvalue weighted by Gasteiger charge is 2.26. The van der Waals surface area contributed by atoms with Crippen LogP contribution in [0.25, 0.3) is 0 Å². The van der Waals surface area contributed by atoms with E-state index in [1.165, 1.54) is 12.8 Å². The van der Waals surface area contributed by atoms with Crippen LogP contribution in [0.3, 0.4) is 0 Å². The number of hydrogen-bond acceptors (Lipinski definition) is 1. The van der Waals surface area contributed by atoms with Gasteiger partial charge < -0.3 is 5.11 Å². The number of carboxylic acid groups (broad SMARTS) is 1. The van der Waals surface area contributed by atoms with Crippen LogP contribution in [0.5, 0.6) is 0 Å². The zero-order chi connectivity index (χ0) is 11.5. The number of aliphatic carboxylic acids is 1. The van der Waals surface area contributed by atoms with Crippen molar-refractivity contribution in [1.29, 1.82) is 0 Å². The Labute approximate surface area is 104 Å². The first kappa shape index (κ1) is 11.6. The fourth-order valence-electron chi connectivity index (χ4n) is 1.94. The molecule has 86 valence electrons. The number of rotatable bonds is 5. The van der Waals surface area contributed by atoms with Crippen LogP contribution >= 0.6 is 15.9 Å². The molecule has 3 heteroatoms. The average molecular weight is 283 g/mol. The van der Waals surface area contributed by atoms with E-state index in [-0.39, 0.29) is 5.92 Å². The lowest BCUT2D eigenvalue weighted by Crippen LogP contribution is -2.11. The first-order valence-corrected chi connectivity index (χ1v) is 6.44. The molecular formula is C13H15BrO2. The summed E-state index contributed by atoms with van der Waals surface area (Å²) in [7, 11) is 0. The maximum atomic E-state index is 11.2. The first-order valence-electron chi connectivity index (χ1n) is 5.65. The Kier molecular flexibility index (Phi) is 3.64. The molecular weight excluding hydrogens is 268 g/mol. The van der Waals surface area contributed by atoms with Crippen LogP contribution in [-0.2, 0) is 4.79 Å². The Morgan fingerprint density at radius 2 is 2.00 bits per heavy atom. The Bertz CT molecular complexity index is 368. The summed E-state index contributed by atoms with van der Waals surface area (Å²) in [5.41, 5.74) is 0.913. The van der Waals surface area contributed by atoms with Crippen LogP contribution < -0.4 is 0 Å². The number of carboxylic acids is 1. The molecule has 0 radical (unpaired) electrons. The van der Waals surface area contributed by atoms with Crippen molar-refractivity contribution in [3.63, 3.8) is 0 Å². The molecule has 0 bridgehead atoms. The monoisotopic (exact) mass is 282 g/mol. The van der Waals surface area contributed by atoms with E-state index in [4.69, 9.17) is 0 Å². The van der Waals surface area contributed by atoms with Gasteiger partial charge >= 0.3 is 5.97 Å². The second-order valence-electron chi connectivity index (χ2n) is 4.46. The Morgan fingerprint density at radius 1 is 1.38 bits per heavy atom. The van der Waals surface area contributed by atoms with Crippen LogP contribution in [0.2, 0.25) is 0 Å². The van der Waals surface area contributed by atoms with Gasteiger partial charge in [0.1, 0.15) is 0 Å². The number of hydrogen-bond donors (Lipinski definition) is 1. The quantitative estimate of drug-likeness (QED) is 0.892. The molecule has 1 aliphatic carbocycles. The van der Waals surface area contributed by atoms with E-state index < -0.39 is 5.97 Å². The highest BCUT2D eigenvalue weighted by molar-refractivity contribution is 9.10. The maximum absolute atomic E-state index is 11.2. The standard InChI is InChI=1S/C13H15BrO2/c14-11-6-4-10(5-7-11)12(13(15)16)8-3-9-1-2-9/h4-7,9,12H,1-3,8H2,(H,15,16). The van der Waals surface area contributed by atoms with Crippen molar-refractivity contribution in [3.8, 4) is 0 Å². The Balaban J connectivity index is 2.04. The van der Waals surface area contributed by atoms with Crippen molar-refractivity contribution in [2.45, 2.75) is 31.6 Å². The van der Waals surface area contributed by atoms with Crippen LogP contribution in [0.4, 0.5) is 0 Å². The molecule has 1 aromatic carbocycles. The van der Waals surface area contributed by atoms with E-state index in [1.54, 1.807) is 0 Å². The maximum Gasteiger partial charge on any atom is 0.310 e. The minimum atomic E-state index is -0.706. The van der Waals surface area contributed by atoms with Crippen molar-refractivity contribution >= 4 is 21.9 Å². The van der Waals surface area contributed by atoms with Crippen molar-refractivity contribution in [2.24, 2.45) is 5.92 Å². The summed E-state index contributed by atoms with van der Waals surface area (Å²) in [5, 5.41) is 9.22. The summed E-state index contributed by atoms with van der Waals surface area (Å²) in [6.07, 6.45) is 4.38. The summed E-state index contributed by atoms with van der Waals surface area (Å²) < 4.78 is 0.989. The van der Waals surface area contributed by atoms with E-state index in [2.05, 4.69) is 15.9 Å². The third-order valence-electron chi connectivity index (χ3n) is 3.13. The largest absolute Gasteiger partial charge is 0.481 e. The molecule has 16 heavy (non-hydrogen) atoms. The highest BCUT2D eigenvalue weighted by atomic mass is 79.9. The predicted molar refractivity (Wildman–Crippen MR) is 66.5 cm³/mol. The van der Waals surface area contributed by atoms with Gasteiger partial charge in [0.15, 0.2) is 0 Å². The zero-order valence-corrected chi connectivity index (χ0v) is 10.6. The molecule has 1 aliphatic rings. The van der Waals surface area contributed by atoms with Gasteiger partial charge in [0.25, 0.3) is 0 Å². The minimum Gasteiger partial charge on any atom is -0.481 e. The first-order chi connectivity index (χ1) is 7.66. The fourth-order valence-corrected chi connectivity index (χ4v) is 2.20. The molecule has 1 fully saturated rings. The van der Waals surface area contributed by atoms with E-state index in [0.717, 1.165) is 28.8 Å². The fraction of sp³-hybridized carbons (Fsp3) is 0.462. The van der Waals surface area contributed by atoms with Gasteiger partial charge in [-0.2, -0.15) is 0 Å². The molecule has 0 aliphatic heterocycles. The van der Waals surface area contributed by atoms with Crippen molar-refractivity contribution < 1.29 is 9.90 Å². The van der Waals surface area contributed by atoms with Gasteiger partial charge in [0, 0.05) is 4.47 Å². The van der Waals surface area contributed by atoms with E-state index >= 15 is 0 Å². The smallest absolute Gasteiger partial charge is 0.310 e.